The lowest BCUT2D eigenvalue weighted by Gasteiger charge is -2.48. The van der Waals surface area contributed by atoms with E-state index in [2.05, 4.69) is 5.32 Å². The second-order valence-electron chi connectivity index (χ2n) is 5.77. The maximum atomic E-state index is 13.3. The highest BCUT2D eigenvalue weighted by Crippen LogP contribution is 2.40. The first-order valence-electron chi connectivity index (χ1n) is 7.11. The fourth-order valence-corrected chi connectivity index (χ4v) is 3.40. The first-order chi connectivity index (χ1) is 9.59. The fourth-order valence-electron chi connectivity index (χ4n) is 3.40. The van der Waals surface area contributed by atoms with Gasteiger partial charge in [0.05, 0.1) is 18.2 Å². The molecule has 1 heterocycles. The Morgan fingerprint density at radius 1 is 1.25 bits per heavy atom. The van der Waals surface area contributed by atoms with Gasteiger partial charge in [0.25, 0.3) is 0 Å². The number of fused-ring (bicyclic) bond motifs is 1. The molecule has 2 aliphatic rings. The Morgan fingerprint density at radius 3 is 2.90 bits per heavy atom. The molecule has 1 aromatic rings. The zero-order valence-electron chi connectivity index (χ0n) is 11.2. The lowest BCUT2D eigenvalue weighted by atomic mass is 9.69. The summed E-state index contributed by atoms with van der Waals surface area (Å²) in [6, 6.07) is 3.60. The van der Waals surface area contributed by atoms with Crippen molar-refractivity contribution in [1.29, 1.82) is 0 Å². The molecule has 2 N–H and O–H groups in total. The van der Waals surface area contributed by atoms with Crippen molar-refractivity contribution in [2.75, 3.05) is 18.5 Å². The lowest BCUT2D eigenvalue weighted by Crippen LogP contribution is -2.58. The Balaban J connectivity index is 1.79. The predicted octanol–water partition coefficient (Wildman–Crippen LogP) is 2.70. The van der Waals surface area contributed by atoms with E-state index in [0.29, 0.717) is 25.3 Å². The summed E-state index contributed by atoms with van der Waals surface area (Å²) in [5.41, 5.74) is -0.309. The molecule has 3 rings (SSSR count). The van der Waals surface area contributed by atoms with Gasteiger partial charge in [-0.05, 0) is 25.0 Å². The predicted molar refractivity (Wildman–Crippen MR) is 71.5 cm³/mol. The van der Waals surface area contributed by atoms with Crippen molar-refractivity contribution in [1.82, 2.24) is 0 Å². The Kier molecular flexibility index (Phi) is 3.65. The molecule has 0 radical (unpaired) electrons. The second kappa shape index (κ2) is 5.30. The molecular formula is C15H19F2NO2. The van der Waals surface area contributed by atoms with Crippen molar-refractivity contribution >= 4 is 5.69 Å². The van der Waals surface area contributed by atoms with E-state index in [1.54, 1.807) is 0 Å². The number of halogens is 2. The molecule has 3 nitrogen and oxygen atoms in total. The third-order valence-corrected chi connectivity index (χ3v) is 4.58. The van der Waals surface area contributed by atoms with E-state index in [-0.39, 0.29) is 12.0 Å². The molecule has 0 amide bonds. The van der Waals surface area contributed by atoms with Crippen LogP contribution in [0.3, 0.4) is 0 Å². The second-order valence-corrected chi connectivity index (χ2v) is 5.77. The van der Waals surface area contributed by atoms with E-state index in [9.17, 15) is 13.9 Å². The highest BCUT2D eigenvalue weighted by Gasteiger charge is 2.48. The third kappa shape index (κ3) is 2.40. The van der Waals surface area contributed by atoms with Crippen LogP contribution in [0.15, 0.2) is 18.2 Å². The van der Waals surface area contributed by atoms with Gasteiger partial charge in [0.2, 0.25) is 0 Å². The molecule has 110 valence electrons. The molecule has 20 heavy (non-hydrogen) atoms. The summed E-state index contributed by atoms with van der Waals surface area (Å²) in [6.45, 7) is 1.12. The van der Waals surface area contributed by atoms with Gasteiger partial charge >= 0.3 is 0 Å². The van der Waals surface area contributed by atoms with Gasteiger partial charge in [0, 0.05) is 30.7 Å². The molecule has 5 heteroatoms. The summed E-state index contributed by atoms with van der Waals surface area (Å²) >= 11 is 0. The number of ether oxygens (including phenoxy) is 1. The zero-order chi connectivity index (χ0) is 14.2. The molecular weight excluding hydrogens is 264 g/mol. The van der Waals surface area contributed by atoms with E-state index in [1.807, 2.05) is 0 Å². The standard InChI is InChI=1S/C15H19F2NO2/c16-12-5-4-11(8-13(12)17)18-14-3-1-2-10-9-20-7-6-15(10,14)19/h4-5,8,10,14,18-19H,1-3,6-7,9H2/t10-,14+,15?/m0/s1. The lowest BCUT2D eigenvalue weighted by molar-refractivity contribution is -0.137. The summed E-state index contributed by atoms with van der Waals surface area (Å²) < 4.78 is 31.7. The number of aliphatic hydroxyl groups is 1. The van der Waals surface area contributed by atoms with Crippen LogP contribution < -0.4 is 5.32 Å². The highest BCUT2D eigenvalue weighted by atomic mass is 19.2. The number of nitrogens with one attached hydrogen (secondary N) is 1. The number of rotatable bonds is 2. The van der Waals surface area contributed by atoms with Gasteiger partial charge in [-0.1, -0.05) is 6.42 Å². The number of anilines is 1. The van der Waals surface area contributed by atoms with E-state index >= 15 is 0 Å². The van der Waals surface area contributed by atoms with E-state index in [1.165, 1.54) is 6.07 Å². The van der Waals surface area contributed by atoms with Crippen molar-refractivity contribution < 1.29 is 18.6 Å². The van der Waals surface area contributed by atoms with Crippen LogP contribution in [0.25, 0.3) is 0 Å². The van der Waals surface area contributed by atoms with Gasteiger partial charge in [0.15, 0.2) is 11.6 Å². The first kappa shape index (κ1) is 13.8. The third-order valence-electron chi connectivity index (χ3n) is 4.58. The van der Waals surface area contributed by atoms with Crippen LogP contribution in [0.2, 0.25) is 0 Å². The fraction of sp³-hybridized carbons (Fsp3) is 0.600. The van der Waals surface area contributed by atoms with Gasteiger partial charge in [-0.15, -0.1) is 0 Å². The minimum absolute atomic E-state index is 0.118. The number of hydrogen-bond acceptors (Lipinski definition) is 3. The maximum Gasteiger partial charge on any atom is 0.160 e. The van der Waals surface area contributed by atoms with Gasteiger partial charge in [-0.3, -0.25) is 0 Å². The molecule has 1 aliphatic heterocycles. The summed E-state index contributed by atoms with van der Waals surface area (Å²) in [4.78, 5) is 0. The summed E-state index contributed by atoms with van der Waals surface area (Å²) in [7, 11) is 0. The monoisotopic (exact) mass is 283 g/mol. The molecule has 0 spiro atoms. The van der Waals surface area contributed by atoms with Crippen LogP contribution in [0.1, 0.15) is 25.7 Å². The van der Waals surface area contributed by atoms with Gasteiger partial charge in [-0.2, -0.15) is 0 Å². The molecule has 1 aromatic carbocycles. The van der Waals surface area contributed by atoms with Crippen LogP contribution in [0.4, 0.5) is 14.5 Å². The first-order valence-corrected chi connectivity index (χ1v) is 7.11. The SMILES string of the molecule is OC12CCOC[C@@H]1CCC[C@H]2Nc1ccc(F)c(F)c1. The van der Waals surface area contributed by atoms with Gasteiger partial charge < -0.3 is 15.2 Å². The number of benzene rings is 1. The molecule has 1 saturated carbocycles. The van der Waals surface area contributed by atoms with Gasteiger partial charge in [0.1, 0.15) is 0 Å². The van der Waals surface area contributed by atoms with Crippen LogP contribution in [-0.4, -0.2) is 30.0 Å². The normalized spacial score (nSPS) is 33.5. The molecule has 0 aromatic heterocycles. The van der Waals surface area contributed by atoms with Crippen LogP contribution >= 0.6 is 0 Å². The quantitative estimate of drug-likeness (QED) is 0.877. The average Bonchev–Trinajstić information content (AvgIpc) is 2.43. The zero-order valence-corrected chi connectivity index (χ0v) is 11.2. The molecule has 1 saturated heterocycles. The Labute approximate surface area is 116 Å². The minimum Gasteiger partial charge on any atom is -0.387 e. The number of hydrogen-bond donors (Lipinski definition) is 2. The molecule has 3 atom stereocenters. The van der Waals surface area contributed by atoms with Crippen molar-refractivity contribution in [2.24, 2.45) is 5.92 Å². The van der Waals surface area contributed by atoms with Crippen LogP contribution in [-0.2, 0) is 4.74 Å². The van der Waals surface area contributed by atoms with Crippen molar-refractivity contribution in [2.45, 2.75) is 37.3 Å². The van der Waals surface area contributed by atoms with Crippen molar-refractivity contribution in [3.63, 3.8) is 0 Å². The molecule has 2 fully saturated rings. The molecule has 1 unspecified atom stereocenters. The van der Waals surface area contributed by atoms with E-state index in [0.717, 1.165) is 31.4 Å². The van der Waals surface area contributed by atoms with Crippen LogP contribution in [0.5, 0.6) is 0 Å². The van der Waals surface area contributed by atoms with Crippen molar-refractivity contribution in [3.05, 3.63) is 29.8 Å². The summed E-state index contributed by atoms with van der Waals surface area (Å²) in [6.07, 6.45) is 3.36. The molecule has 1 aliphatic carbocycles. The van der Waals surface area contributed by atoms with Crippen molar-refractivity contribution in [3.8, 4) is 0 Å². The Morgan fingerprint density at radius 2 is 2.10 bits per heavy atom. The van der Waals surface area contributed by atoms with E-state index in [4.69, 9.17) is 4.74 Å². The van der Waals surface area contributed by atoms with Crippen LogP contribution in [0, 0.1) is 17.6 Å². The smallest absolute Gasteiger partial charge is 0.160 e. The largest absolute Gasteiger partial charge is 0.387 e. The summed E-state index contributed by atoms with van der Waals surface area (Å²) in [5.74, 6) is -1.61. The maximum absolute atomic E-state index is 13.3. The topological polar surface area (TPSA) is 41.5 Å². The Hall–Kier alpha value is -1.20. The van der Waals surface area contributed by atoms with Gasteiger partial charge in [-0.25, -0.2) is 8.78 Å². The van der Waals surface area contributed by atoms with E-state index < -0.39 is 17.2 Å². The highest BCUT2D eigenvalue weighted by molar-refractivity contribution is 5.45. The average molecular weight is 283 g/mol. The Bertz CT molecular complexity index is 495. The summed E-state index contributed by atoms with van der Waals surface area (Å²) in [5, 5.41) is 14.1. The minimum atomic E-state index is -0.874. The molecule has 0 bridgehead atoms.